The Morgan fingerprint density at radius 2 is 2.00 bits per heavy atom. The zero-order valence-corrected chi connectivity index (χ0v) is 14.2. The molecule has 5 nitrogen and oxygen atoms in total. The van der Waals surface area contributed by atoms with Gasteiger partial charge in [-0.05, 0) is 31.0 Å². The Labute approximate surface area is 139 Å². The molecule has 1 unspecified atom stereocenters. The zero-order valence-electron chi connectivity index (χ0n) is 13.3. The first-order chi connectivity index (χ1) is 10.2. The Morgan fingerprint density at radius 1 is 1.27 bits per heavy atom. The lowest BCUT2D eigenvalue weighted by atomic mass is 10.1. The van der Waals surface area contributed by atoms with E-state index in [0.29, 0.717) is 32.8 Å². The summed E-state index contributed by atoms with van der Waals surface area (Å²) in [6.07, 6.45) is 1.58. The first-order valence-corrected chi connectivity index (χ1v) is 7.48. The van der Waals surface area contributed by atoms with E-state index < -0.39 is 6.04 Å². The minimum atomic E-state index is -0.457. The summed E-state index contributed by atoms with van der Waals surface area (Å²) in [6.45, 7) is 6.31. The number of nitrogens with two attached hydrogens (primary N) is 1. The summed E-state index contributed by atoms with van der Waals surface area (Å²) in [5.74, 6) is -0.147. The minimum Gasteiger partial charge on any atom is -0.379 e. The van der Waals surface area contributed by atoms with Gasteiger partial charge >= 0.3 is 0 Å². The molecule has 0 bridgehead atoms. The average Bonchev–Trinajstić information content (AvgIpc) is 2.47. The fraction of sp³-hybridized carbons (Fsp3) is 0.562. The van der Waals surface area contributed by atoms with Gasteiger partial charge in [0.1, 0.15) is 0 Å². The summed E-state index contributed by atoms with van der Waals surface area (Å²) >= 11 is 0. The predicted octanol–water partition coefficient (Wildman–Crippen LogP) is 2.73. The smallest absolute Gasteiger partial charge is 0.241 e. The standard InChI is InChI=1S/C16H26N2O3.ClH/c1-3-6-15(17)16(19)18-14-8-5-7-13(11-14)12-21-10-9-20-4-2;/h5,7-8,11,15H,3-4,6,9-10,12,17H2,1-2H3,(H,18,19);1H. The van der Waals surface area contributed by atoms with Gasteiger partial charge in [-0.3, -0.25) is 4.79 Å². The second-order valence-electron chi connectivity index (χ2n) is 4.83. The van der Waals surface area contributed by atoms with Gasteiger partial charge in [0, 0.05) is 12.3 Å². The molecule has 0 aliphatic rings. The van der Waals surface area contributed by atoms with E-state index >= 15 is 0 Å². The maximum absolute atomic E-state index is 11.9. The maximum atomic E-state index is 11.9. The van der Waals surface area contributed by atoms with Crippen molar-refractivity contribution in [2.45, 2.75) is 39.3 Å². The van der Waals surface area contributed by atoms with Crippen LogP contribution in [-0.4, -0.2) is 31.8 Å². The predicted molar refractivity (Wildman–Crippen MR) is 91.4 cm³/mol. The van der Waals surface area contributed by atoms with Crippen LogP contribution in [0.3, 0.4) is 0 Å². The van der Waals surface area contributed by atoms with Gasteiger partial charge in [0.05, 0.1) is 25.9 Å². The van der Waals surface area contributed by atoms with Crippen molar-refractivity contribution in [2.75, 3.05) is 25.1 Å². The molecule has 6 heteroatoms. The number of halogens is 1. The van der Waals surface area contributed by atoms with E-state index in [1.54, 1.807) is 0 Å². The van der Waals surface area contributed by atoms with E-state index in [1.165, 1.54) is 0 Å². The SMILES string of the molecule is CCCC(N)C(=O)Nc1cccc(COCCOCC)c1.Cl. The molecule has 0 aromatic heterocycles. The molecule has 1 aromatic carbocycles. The molecule has 0 heterocycles. The van der Waals surface area contributed by atoms with Crippen LogP contribution < -0.4 is 11.1 Å². The number of carbonyl (C=O) groups is 1. The first-order valence-electron chi connectivity index (χ1n) is 7.48. The van der Waals surface area contributed by atoms with Crippen molar-refractivity contribution in [1.82, 2.24) is 0 Å². The van der Waals surface area contributed by atoms with Gasteiger partial charge < -0.3 is 20.5 Å². The number of hydrogen-bond acceptors (Lipinski definition) is 4. The van der Waals surface area contributed by atoms with Gasteiger partial charge in [-0.2, -0.15) is 0 Å². The molecule has 3 N–H and O–H groups in total. The summed E-state index contributed by atoms with van der Waals surface area (Å²) in [5.41, 5.74) is 7.55. The highest BCUT2D eigenvalue weighted by molar-refractivity contribution is 5.94. The molecule has 1 atom stereocenters. The Kier molecular flexibility index (Phi) is 11.8. The largest absolute Gasteiger partial charge is 0.379 e. The lowest BCUT2D eigenvalue weighted by Gasteiger charge is -2.12. The third-order valence-electron chi connectivity index (χ3n) is 2.98. The van der Waals surface area contributed by atoms with Gasteiger partial charge in [-0.25, -0.2) is 0 Å². The van der Waals surface area contributed by atoms with E-state index in [0.717, 1.165) is 17.7 Å². The van der Waals surface area contributed by atoms with E-state index in [2.05, 4.69) is 5.32 Å². The summed E-state index contributed by atoms with van der Waals surface area (Å²) in [6, 6.07) is 7.14. The van der Waals surface area contributed by atoms with Crippen LogP contribution in [0.1, 0.15) is 32.3 Å². The maximum Gasteiger partial charge on any atom is 0.241 e. The fourth-order valence-electron chi connectivity index (χ4n) is 1.87. The van der Waals surface area contributed by atoms with Crippen molar-refractivity contribution >= 4 is 24.0 Å². The number of amides is 1. The number of nitrogens with one attached hydrogen (secondary N) is 1. The highest BCUT2D eigenvalue weighted by Gasteiger charge is 2.12. The highest BCUT2D eigenvalue weighted by Crippen LogP contribution is 2.12. The Hall–Kier alpha value is -1.14. The van der Waals surface area contributed by atoms with Crippen LogP contribution in [-0.2, 0) is 20.9 Å². The zero-order chi connectivity index (χ0) is 15.5. The lowest BCUT2D eigenvalue weighted by Crippen LogP contribution is -2.35. The molecule has 0 spiro atoms. The van der Waals surface area contributed by atoms with Crippen LogP contribution in [0.4, 0.5) is 5.69 Å². The molecule has 22 heavy (non-hydrogen) atoms. The summed E-state index contributed by atoms with van der Waals surface area (Å²) in [7, 11) is 0. The summed E-state index contributed by atoms with van der Waals surface area (Å²) < 4.78 is 10.7. The fourth-order valence-corrected chi connectivity index (χ4v) is 1.87. The van der Waals surface area contributed by atoms with Crippen molar-refractivity contribution < 1.29 is 14.3 Å². The molecule has 0 saturated heterocycles. The van der Waals surface area contributed by atoms with Crippen molar-refractivity contribution in [3.63, 3.8) is 0 Å². The molecule has 1 rings (SSSR count). The van der Waals surface area contributed by atoms with E-state index in [9.17, 15) is 4.79 Å². The van der Waals surface area contributed by atoms with Gasteiger partial charge in [0.25, 0.3) is 0 Å². The number of rotatable bonds is 10. The van der Waals surface area contributed by atoms with Crippen LogP contribution >= 0.6 is 12.4 Å². The van der Waals surface area contributed by atoms with E-state index in [-0.39, 0.29) is 18.3 Å². The minimum absolute atomic E-state index is 0. The summed E-state index contributed by atoms with van der Waals surface area (Å²) in [5, 5.41) is 2.83. The molecule has 0 aliphatic carbocycles. The van der Waals surface area contributed by atoms with E-state index in [1.807, 2.05) is 38.1 Å². The van der Waals surface area contributed by atoms with Crippen molar-refractivity contribution in [2.24, 2.45) is 5.73 Å². The molecule has 1 amide bonds. The molecular weight excluding hydrogens is 304 g/mol. The number of ether oxygens (including phenoxy) is 2. The van der Waals surface area contributed by atoms with Gasteiger partial charge in [0.2, 0.25) is 5.91 Å². The molecule has 126 valence electrons. The normalized spacial score (nSPS) is 11.6. The molecule has 1 aromatic rings. The van der Waals surface area contributed by atoms with Gasteiger partial charge in [-0.15, -0.1) is 12.4 Å². The first kappa shape index (κ1) is 20.9. The molecule has 0 fully saturated rings. The number of anilines is 1. The second-order valence-corrected chi connectivity index (χ2v) is 4.83. The second kappa shape index (κ2) is 12.4. The van der Waals surface area contributed by atoms with Crippen LogP contribution in [0.2, 0.25) is 0 Å². The Balaban J connectivity index is 0.00000441. The monoisotopic (exact) mass is 330 g/mol. The number of carbonyl (C=O) groups excluding carboxylic acids is 1. The van der Waals surface area contributed by atoms with Crippen LogP contribution in [0.15, 0.2) is 24.3 Å². The molecule has 0 aliphatic heterocycles. The molecular formula is C16H27ClN2O3. The molecule has 0 radical (unpaired) electrons. The van der Waals surface area contributed by atoms with Crippen LogP contribution in [0.5, 0.6) is 0 Å². The third kappa shape index (κ3) is 8.34. The van der Waals surface area contributed by atoms with Crippen molar-refractivity contribution in [3.05, 3.63) is 29.8 Å². The topological polar surface area (TPSA) is 73.6 Å². The Bertz CT molecular complexity index is 430. The van der Waals surface area contributed by atoms with Gasteiger partial charge in [-0.1, -0.05) is 25.5 Å². The highest BCUT2D eigenvalue weighted by atomic mass is 35.5. The third-order valence-corrected chi connectivity index (χ3v) is 2.98. The van der Waals surface area contributed by atoms with Crippen LogP contribution in [0, 0.1) is 0 Å². The van der Waals surface area contributed by atoms with Crippen molar-refractivity contribution in [3.8, 4) is 0 Å². The van der Waals surface area contributed by atoms with Crippen molar-refractivity contribution in [1.29, 1.82) is 0 Å². The molecule has 0 saturated carbocycles. The number of hydrogen-bond donors (Lipinski definition) is 2. The lowest BCUT2D eigenvalue weighted by molar-refractivity contribution is -0.117. The van der Waals surface area contributed by atoms with Crippen LogP contribution in [0.25, 0.3) is 0 Å². The van der Waals surface area contributed by atoms with Gasteiger partial charge in [0.15, 0.2) is 0 Å². The number of benzene rings is 1. The average molecular weight is 331 g/mol. The summed E-state index contributed by atoms with van der Waals surface area (Å²) in [4.78, 5) is 11.9. The van der Waals surface area contributed by atoms with E-state index in [4.69, 9.17) is 15.2 Å². The quantitative estimate of drug-likeness (QED) is 0.647. The Morgan fingerprint density at radius 3 is 2.68 bits per heavy atom.